The molecule has 4 heterocycles. The van der Waals surface area contributed by atoms with Gasteiger partial charge in [-0.2, -0.15) is 0 Å². The molecule has 7 rings (SSSR count). The van der Waals surface area contributed by atoms with Crippen LogP contribution in [0.5, 0.6) is 0 Å². The topological polar surface area (TPSA) is 212 Å². The number of rotatable bonds is 15. The van der Waals surface area contributed by atoms with Crippen LogP contribution < -0.4 is 33.1 Å². The maximum atomic E-state index is 12.6. The highest BCUT2D eigenvalue weighted by molar-refractivity contribution is 6.74. The first-order valence-corrected chi connectivity index (χ1v) is 19.5. The van der Waals surface area contributed by atoms with E-state index in [0.29, 0.717) is 41.9 Å². The lowest BCUT2D eigenvalue weighted by Gasteiger charge is -2.17. The van der Waals surface area contributed by atoms with Crippen LogP contribution >= 0.6 is 0 Å². The van der Waals surface area contributed by atoms with Gasteiger partial charge in [-0.1, -0.05) is 76.8 Å². The zero-order valence-corrected chi connectivity index (χ0v) is 38.6. The molecule has 0 saturated carbocycles. The third-order valence-corrected chi connectivity index (χ3v) is 8.86. The van der Waals surface area contributed by atoms with Gasteiger partial charge in [-0.15, -0.1) is 10.5 Å². The molecule has 0 aliphatic carbocycles. The Bertz CT molecular complexity index is 2580. The van der Waals surface area contributed by atoms with Gasteiger partial charge in [0.05, 0.1) is 23.6 Å². The number of benzene rings is 3. The molecule has 1 fully saturated rings. The van der Waals surface area contributed by atoms with Gasteiger partial charge in [0.2, 0.25) is 0 Å². The average Bonchev–Trinajstić information content (AvgIpc) is 4.05. The molecule has 5 amide bonds. The van der Waals surface area contributed by atoms with Crippen LogP contribution in [-0.4, -0.2) is 88.4 Å². The number of nitrogens with two attached hydrogens (primary N) is 1. The quantitative estimate of drug-likeness (QED) is 0.0294. The number of carbonyl (C=O) groups excluding carboxylic acids is 4. The molecule has 4 N–H and O–H groups in total. The van der Waals surface area contributed by atoms with E-state index < -0.39 is 75.1 Å². The molecule has 0 unspecified atom stereocenters. The van der Waals surface area contributed by atoms with Crippen molar-refractivity contribution in [3.8, 4) is 0 Å². The van der Waals surface area contributed by atoms with Gasteiger partial charge in [-0.3, -0.25) is 4.79 Å². The maximum absolute atomic E-state index is 12.6. The standard InChI is InChI=1S/C12H10BF3NO3.C10H4BF3N3O3.C10H10BF3NO2.C4H10BF3NO2.4CH4.4CH3/c1-8-2-7-11(18)17(8)20-12(19)9-3-5-10(6-4-9)13(14,15)16;12-11(13,14)8-4-5-3-6(1-2-7(5)20-8)17-9(18)15-16-10(17)19;12-11(13,14)10-6-8-5-7(3-4-16-15)1-2-9(8)17-10;6-5(7,8)4-11-3-1-2-9-10;;;;;;;;/h3-6H,1-2,7H2;1-4H;1-2,5-6H,3-4,15H2;9-10H,1-4H2;4*1H4;4*1H3/q4*-1;;;;;4*+1. The Balaban J connectivity index is -0.000000290. The lowest BCUT2D eigenvalue weighted by atomic mass is 9.80. The van der Waals surface area contributed by atoms with E-state index in [1.165, 1.54) is 24.3 Å². The third-order valence-electron chi connectivity index (χ3n) is 8.86. The van der Waals surface area contributed by atoms with E-state index in [9.17, 15) is 71.0 Å². The van der Waals surface area contributed by atoms with Crippen molar-refractivity contribution in [3.63, 3.8) is 0 Å². The normalized spacial score (nSPS) is 12.7. The SMILES string of the molecule is C.C.C.C.C=C1CCC(=O)N1OC(=O)c1ccc([B-](F)(F)F)cc1.NOCCc1ccc2oc([B-](F)(F)F)cc2c1.O=C1N=NC(=O)N1c1ccc2oc([B-](F)(F)F)cc2c1.ONCCCOC[B-](F)(F)F.[CH3+].[CH3+].[CH3+].[CH3+]. The Morgan fingerprint density at radius 3 is 1.63 bits per heavy atom. The van der Waals surface area contributed by atoms with Crippen LogP contribution in [-0.2, 0) is 25.6 Å². The summed E-state index contributed by atoms with van der Waals surface area (Å²) in [4.78, 5) is 55.6. The van der Waals surface area contributed by atoms with Gasteiger partial charge >= 0.3 is 45.9 Å². The van der Waals surface area contributed by atoms with Crippen LogP contribution in [0.25, 0.3) is 21.9 Å². The number of urea groups is 2. The zero-order valence-electron chi connectivity index (χ0n) is 38.6. The van der Waals surface area contributed by atoms with E-state index in [2.05, 4.69) is 30.8 Å². The number of azo groups is 1. The Kier molecular flexibility index (Phi) is 33.8. The van der Waals surface area contributed by atoms with Crippen molar-refractivity contribution < 1.29 is 99.4 Å². The number of furan rings is 2. The zero-order chi connectivity index (χ0) is 50.6. The maximum Gasteiger partial charge on any atom is 0.544 e. The fourth-order valence-corrected chi connectivity index (χ4v) is 5.63. The number of amides is 5. The Hall–Kier alpha value is -7.14. The molecule has 2 aromatic heterocycles. The number of ether oxygens (including phenoxy) is 1. The number of hydrogen-bond donors (Lipinski definition) is 3. The van der Waals surface area contributed by atoms with Crippen LogP contribution in [0.3, 0.4) is 0 Å². The molecule has 0 radical (unpaired) electrons. The van der Waals surface area contributed by atoms with E-state index >= 15 is 0 Å². The second-order valence-corrected chi connectivity index (χ2v) is 14.1. The molecule has 16 nitrogen and oxygen atoms in total. The van der Waals surface area contributed by atoms with Crippen molar-refractivity contribution in [2.75, 3.05) is 31.2 Å². The van der Waals surface area contributed by atoms with Crippen LogP contribution in [0.4, 0.5) is 67.1 Å². The summed E-state index contributed by atoms with van der Waals surface area (Å²) in [6.07, 6.45) is 1.50. The number of carbonyl (C=O) groups is 4. The molecule has 5 aromatic rings. The number of hydrogen-bond acceptors (Lipinski definition) is 12. The monoisotopic (exact) mass is 1110 g/mol. The van der Waals surface area contributed by atoms with Crippen molar-refractivity contribution in [2.24, 2.45) is 16.1 Å². The minimum atomic E-state index is -5.25. The number of allylic oxidation sites excluding steroid dienone is 1. The lowest BCUT2D eigenvalue weighted by Crippen LogP contribution is -2.34. The number of anilines is 1. The molecule has 0 atom stereocenters. The number of imide groups is 1. The fraction of sp³-hybridized carbons (Fsp3) is 0.273. The summed E-state index contributed by atoms with van der Waals surface area (Å²) in [6.45, 7) is -17.3. The van der Waals surface area contributed by atoms with Crippen LogP contribution in [0, 0.1) is 29.7 Å². The Labute approximate surface area is 434 Å². The largest absolute Gasteiger partial charge is 0.544 e. The molecule has 76 heavy (non-hydrogen) atoms. The first-order valence-electron chi connectivity index (χ1n) is 19.5. The van der Waals surface area contributed by atoms with Crippen molar-refractivity contribution in [1.82, 2.24) is 10.5 Å². The number of nitrogens with one attached hydrogen (secondary N) is 1. The highest BCUT2D eigenvalue weighted by Crippen LogP contribution is 2.28. The van der Waals surface area contributed by atoms with Crippen LogP contribution in [0.1, 0.15) is 64.9 Å². The average molecular weight is 1110 g/mol. The summed E-state index contributed by atoms with van der Waals surface area (Å²) in [5.41, 5.74) is 0.446. The second kappa shape index (κ2) is 33.0. The molecular formula is C44H62B4F12N6O10. The predicted octanol–water partition coefficient (Wildman–Crippen LogP) is 12.0. The first-order chi connectivity index (χ1) is 31.7. The van der Waals surface area contributed by atoms with Gasteiger partial charge in [0.1, 0.15) is 11.2 Å². The van der Waals surface area contributed by atoms with E-state index in [-0.39, 0.29) is 107 Å². The van der Waals surface area contributed by atoms with Crippen molar-refractivity contribution in [1.29, 1.82) is 0 Å². The molecular weight excluding hydrogens is 1040 g/mol. The minimum Gasteiger partial charge on any atom is -0.493 e. The van der Waals surface area contributed by atoms with Gasteiger partial charge in [0.15, 0.2) is 0 Å². The van der Waals surface area contributed by atoms with E-state index in [1.54, 1.807) is 12.1 Å². The van der Waals surface area contributed by atoms with E-state index in [0.717, 1.165) is 47.0 Å². The molecule has 1 saturated heterocycles. The van der Waals surface area contributed by atoms with Gasteiger partial charge in [-0.25, -0.2) is 30.7 Å². The summed E-state index contributed by atoms with van der Waals surface area (Å²) in [7, 11) is 0. The van der Waals surface area contributed by atoms with Gasteiger partial charge < -0.3 is 80.2 Å². The van der Waals surface area contributed by atoms with Crippen molar-refractivity contribution in [2.45, 2.75) is 55.4 Å². The summed E-state index contributed by atoms with van der Waals surface area (Å²) >= 11 is 0. The van der Waals surface area contributed by atoms with Crippen LogP contribution in [0.2, 0.25) is 0 Å². The number of nitrogens with zero attached hydrogens (tertiary/aromatic N) is 4. The summed E-state index contributed by atoms with van der Waals surface area (Å²) in [5.74, 6) is 3.58. The lowest BCUT2D eigenvalue weighted by molar-refractivity contribution is -0.153. The third kappa shape index (κ3) is 22.8. The Morgan fingerprint density at radius 1 is 0.697 bits per heavy atom. The summed E-state index contributed by atoms with van der Waals surface area (Å²) in [5, 5.41) is 15.5. The molecule has 0 spiro atoms. The summed E-state index contributed by atoms with van der Waals surface area (Å²) in [6, 6.07) is 12.3. The molecule has 2 aliphatic heterocycles. The van der Waals surface area contributed by atoms with Gasteiger partial charge in [-0.05, 0) is 67.3 Å². The first kappa shape index (κ1) is 77.8. The highest BCUT2D eigenvalue weighted by atomic mass is 19.4. The van der Waals surface area contributed by atoms with Gasteiger partial charge in [0.25, 0.3) is 5.91 Å². The Morgan fingerprint density at radius 2 is 1.20 bits per heavy atom. The highest BCUT2D eigenvalue weighted by Gasteiger charge is 2.33. The van der Waals surface area contributed by atoms with Crippen molar-refractivity contribution in [3.05, 3.63) is 126 Å². The number of fused-ring (bicyclic) bond motifs is 2. The van der Waals surface area contributed by atoms with Crippen LogP contribution in [0.15, 0.2) is 104 Å². The molecule has 32 heteroatoms. The smallest absolute Gasteiger partial charge is 0.493 e. The van der Waals surface area contributed by atoms with E-state index in [1.807, 2.05) is 5.48 Å². The van der Waals surface area contributed by atoms with E-state index in [4.69, 9.17) is 20.4 Å². The second-order valence-electron chi connectivity index (χ2n) is 14.1. The van der Waals surface area contributed by atoms with Gasteiger partial charge in [0, 0.05) is 77.9 Å². The number of halogens is 12. The number of hydroxylamine groups is 3. The van der Waals surface area contributed by atoms with Crippen molar-refractivity contribution >= 4 is 96.3 Å². The molecule has 424 valence electrons. The molecule has 0 bridgehead atoms. The summed E-state index contributed by atoms with van der Waals surface area (Å²) < 4.78 is 160. The molecule has 3 aromatic carbocycles. The molecule has 2 aliphatic rings. The fourth-order valence-electron chi connectivity index (χ4n) is 5.63. The predicted molar refractivity (Wildman–Crippen MR) is 274 cm³/mol. The minimum absolute atomic E-state index is 0.